The van der Waals surface area contributed by atoms with E-state index in [1.54, 1.807) is 13.0 Å². The molecule has 1 fully saturated rings. The molecule has 2 heterocycles. The maximum atomic E-state index is 12.3. The number of rotatable bonds is 6. The quantitative estimate of drug-likeness (QED) is 0.415. The van der Waals surface area contributed by atoms with Crippen LogP contribution in [0.2, 0.25) is 0 Å². The van der Waals surface area contributed by atoms with Crippen molar-refractivity contribution in [1.82, 2.24) is 10.2 Å². The summed E-state index contributed by atoms with van der Waals surface area (Å²) < 4.78 is 4.87. The van der Waals surface area contributed by atoms with Gasteiger partial charge in [0, 0.05) is 11.8 Å². The molecule has 1 saturated heterocycles. The molecule has 2 aliphatic heterocycles. The van der Waals surface area contributed by atoms with Gasteiger partial charge >= 0.3 is 11.9 Å². The Morgan fingerprint density at radius 3 is 2.71 bits per heavy atom. The number of nitrogens with zero attached hydrogens (tertiary/aromatic N) is 1. The predicted octanol–water partition coefficient (Wildman–Crippen LogP) is 1.00. The summed E-state index contributed by atoms with van der Waals surface area (Å²) in [4.78, 5) is 48.5. The smallest absolute Gasteiger partial charge is 0.352 e. The molecule has 0 saturated carbocycles. The number of fused-ring (bicyclic) bond motifs is 1. The molecule has 2 aliphatic rings. The Balaban J connectivity index is 1.50. The average molecular weight is 402 g/mol. The third-order valence-electron chi connectivity index (χ3n) is 4.23. The zero-order valence-corrected chi connectivity index (χ0v) is 15.8. The topological polar surface area (TPSA) is 113 Å². The average Bonchev–Trinajstić information content (AvgIpc) is 2.69. The van der Waals surface area contributed by atoms with Crippen LogP contribution < -0.4 is 5.32 Å². The molecule has 0 aliphatic carbocycles. The molecule has 0 aromatic heterocycles. The fourth-order valence-electron chi connectivity index (χ4n) is 2.90. The van der Waals surface area contributed by atoms with E-state index in [1.165, 1.54) is 22.7 Å². The van der Waals surface area contributed by atoms with Gasteiger partial charge in [-0.2, -0.15) is 0 Å². The number of carboxylic acids is 1. The molecule has 3 rings (SSSR count). The normalized spacial score (nSPS) is 21.2. The van der Waals surface area contributed by atoms with Gasteiger partial charge in [0.2, 0.25) is 0 Å². The van der Waals surface area contributed by atoms with Crippen molar-refractivity contribution in [2.24, 2.45) is 0 Å². The summed E-state index contributed by atoms with van der Waals surface area (Å²) in [5, 5.41) is 11.3. The number of nitrogens with one attached hydrogen (secondary N) is 1. The van der Waals surface area contributed by atoms with Crippen LogP contribution in [0, 0.1) is 0 Å². The van der Waals surface area contributed by atoms with Gasteiger partial charge in [0.05, 0.1) is 0 Å². The van der Waals surface area contributed by atoms with Crippen LogP contribution in [-0.2, 0) is 23.9 Å². The van der Waals surface area contributed by atoms with Crippen LogP contribution >= 0.6 is 11.8 Å². The van der Waals surface area contributed by atoms with Gasteiger partial charge in [0.25, 0.3) is 11.8 Å². The van der Waals surface area contributed by atoms with Gasteiger partial charge in [-0.05, 0) is 24.1 Å². The van der Waals surface area contributed by atoms with E-state index in [0.29, 0.717) is 11.3 Å². The number of amides is 2. The lowest BCUT2D eigenvalue weighted by molar-refractivity contribution is -0.152. The number of benzene rings is 1. The summed E-state index contributed by atoms with van der Waals surface area (Å²) >= 11 is 1.38. The second-order valence-corrected chi connectivity index (χ2v) is 7.35. The molecule has 146 valence electrons. The van der Waals surface area contributed by atoms with E-state index in [4.69, 9.17) is 4.74 Å². The zero-order valence-electron chi connectivity index (χ0n) is 15.0. The first-order valence-electron chi connectivity index (χ1n) is 8.45. The highest BCUT2D eigenvalue weighted by atomic mass is 32.2. The van der Waals surface area contributed by atoms with Gasteiger partial charge in [0.1, 0.15) is 17.1 Å². The standard InChI is InChI=1S/C19H18N2O6S/c1-11-10-28-18-15(17(24)21(18)16(11)19(25)26)20-13(22)9-27-14(23)8-7-12-5-3-2-4-6-12/h2-8,15,18H,9-10H2,1H3,(H,20,22)(H,25,26)/t15?,18-/m0/s1. The monoisotopic (exact) mass is 402 g/mol. The maximum absolute atomic E-state index is 12.3. The lowest BCUT2D eigenvalue weighted by Gasteiger charge is -2.49. The fourth-order valence-corrected chi connectivity index (χ4v) is 4.20. The summed E-state index contributed by atoms with van der Waals surface area (Å²) in [6.45, 7) is 1.13. The maximum Gasteiger partial charge on any atom is 0.352 e. The summed E-state index contributed by atoms with van der Waals surface area (Å²) in [5.74, 6) is -2.50. The lowest BCUT2D eigenvalue weighted by Crippen LogP contribution is -2.70. The van der Waals surface area contributed by atoms with Gasteiger partial charge in [-0.25, -0.2) is 9.59 Å². The Morgan fingerprint density at radius 2 is 2.04 bits per heavy atom. The number of hydrogen-bond acceptors (Lipinski definition) is 6. The Morgan fingerprint density at radius 1 is 1.32 bits per heavy atom. The molecular formula is C19H18N2O6S. The van der Waals surface area contributed by atoms with Gasteiger partial charge in [0.15, 0.2) is 6.61 Å². The number of hydrogen-bond donors (Lipinski definition) is 2. The number of thioether (sulfide) groups is 1. The second-order valence-electron chi connectivity index (χ2n) is 6.24. The molecule has 1 unspecified atom stereocenters. The van der Waals surface area contributed by atoms with Gasteiger partial charge in [-0.15, -0.1) is 11.8 Å². The third-order valence-corrected chi connectivity index (χ3v) is 5.66. The van der Waals surface area contributed by atoms with E-state index < -0.39 is 41.8 Å². The van der Waals surface area contributed by atoms with Gasteiger partial charge in [-0.1, -0.05) is 30.3 Å². The van der Waals surface area contributed by atoms with Crippen molar-refractivity contribution in [2.45, 2.75) is 18.3 Å². The number of aliphatic carboxylic acids is 1. The van der Waals surface area contributed by atoms with Crippen LogP contribution in [0.4, 0.5) is 0 Å². The molecule has 8 nitrogen and oxygen atoms in total. The first kappa shape index (κ1) is 19.7. The highest BCUT2D eigenvalue weighted by Crippen LogP contribution is 2.40. The molecular weight excluding hydrogens is 384 g/mol. The zero-order chi connectivity index (χ0) is 20.3. The molecule has 0 bridgehead atoms. The van der Waals surface area contributed by atoms with E-state index in [-0.39, 0.29) is 5.70 Å². The molecule has 0 radical (unpaired) electrons. The van der Waals surface area contributed by atoms with Crippen molar-refractivity contribution in [3.05, 3.63) is 53.2 Å². The molecule has 2 N–H and O–H groups in total. The van der Waals surface area contributed by atoms with Crippen molar-refractivity contribution in [3.8, 4) is 0 Å². The number of carbonyl (C=O) groups excluding carboxylic acids is 3. The van der Waals surface area contributed by atoms with Crippen LogP contribution in [0.3, 0.4) is 0 Å². The minimum atomic E-state index is -1.17. The van der Waals surface area contributed by atoms with E-state index in [9.17, 15) is 24.3 Å². The van der Waals surface area contributed by atoms with E-state index >= 15 is 0 Å². The van der Waals surface area contributed by atoms with Crippen molar-refractivity contribution >= 4 is 41.6 Å². The first-order chi connectivity index (χ1) is 13.4. The van der Waals surface area contributed by atoms with Crippen LogP contribution in [0.5, 0.6) is 0 Å². The van der Waals surface area contributed by atoms with Crippen LogP contribution in [-0.4, -0.2) is 57.5 Å². The second kappa shape index (κ2) is 8.30. The molecule has 1 aromatic rings. The number of β-lactam (4-membered cyclic amide) rings is 1. The number of carboxylic acid groups (broad SMARTS) is 1. The number of esters is 1. The molecule has 28 heavy (non-hydrogen) atoms. The van der Waals surface area contributed by atoms with Gasteiger partial charge in [-0.3, -0.25) is 14.5 Å². The van der Waals surface area contributed by atoms with Crippen molar-refractivity contribution in [1.29, 1.82) is 0 Å². The predicted molar refractivity (Wildman–Crippen MR) is 102 cm³/mol. The summed E-state index contributed by atoms with van der Waals surface area (Å²) in [7, 11) is 0. The fraction of sp³-hybridized carbons (Fsp3) is 0.263. The number of carbonyl (C=O) groups is 4. The first-order valence-corrected chi connectivity index (χ1v) is 9.50. The minimum absolute atomic E-state index is 0.0308. The van der Waals surface area contributed by atoms with Crippen LogP contribution in [0.1, 0.15) is 12.5 Å². The van der Waals surface area contributed by atoms with Gasteiger partial charge < -0.3 is 15.2 Å². The molecule has 2 atom stereocenters. The Hall–Kier alpha value is -3.07. The van der Waals surface area contributed by atoms with E-state index in [2.05, 4.69) is 5.32 Å². The molecule has 2 amide bonds. The highest BCUT2D eigenvalue weighted by Gasteiger charge is 2.53. The van der Waals surface area contributed by atoms with Crippen LogP contribution in [0.25, 0.3) is 6.08 Å². The lowest BCUT2D eigenvalue weighted by atomic mass is 10.0. The van der Waals surface area contributed by atoms with Crippen LogP contribution in [0.15, 0.2) is 47.7 Å². The summed E-state index contributed by atoms with van der Waals surface area (Å²) in [5.41, 5.74) is 1.39. The minimum Gasteiger partial charge on any atom is -0.477 e. The Bertz CT molecular complexity index is 880. The summed E-state index contributed by atoms with van der Waals surface area (Å²) in [6, 6.07) is 8.30. The summed E-state index contributed by atoms with van der Waals surface area (Å²) in [6.07, 6.45) is 2.77. The van der Waals surface area contributed by atoms with Crippen molar-refractivity contribution in [3.63, 3.8) is 0 Å². The highest BCUT2D eigenvalue weighted by molar-refractivity contribution is 8.00. The SMILES string of the molecule is CC1=C(C(=O)O)N2C(=O)C(NC(=O)COC(=O)C=Cc3ccccc3)[C@@H]2SC1. The molecule has 0 spiro atoms. The molecule has 1 aromatic carbocycles. The Kier molecular flexibility index (Phi) is 5.84. The molecule has 9 heteroatoms. The Labute approximate surface area is 165 Å². The third kappa shape index (κ3) is 4.09. The van der Waals surface area contributed by atoms with E-state index in [1.807, 2.05) is 30.3 Å². The van der Waals surface area contributed by atoms with E-state index in [0.717, 1.165) is 5.56 Å². The number of ether oxygens (including phenoxy) is 1. The van der Waals surface area contributed by atoms with Crippen molar-refractivity contribution in [2.75, 3.05) is 12.4 Å². The largest absolute Gasteiger partial charge is 0.477 e. The van der Waals surface area contributed by atoms with Crippen molar-refractivity contribution < 1.29 is 29.0 Å².